The first-order valence-electron chi connectivity index (χ1n) is 7.59. The molecule has 2 aromatic rings. The third-order valence-electron chi connectivity index (χ3n) is 3.47. The zero-order valence-corrected chi connectivity index (χ0v) is 19.5. The van der Waals surface area contributed by atoms with E-state index in [0.29, 0.717) is 11.5 Å². The summed E-state index contributed by atoms with van der Waals surface area (Å²) in [6.07, 6.45) is 0. The molecule has 0 spiro atoms. The molecule has 2 nitrogen and oxygen atoms in total. The Labute approximate surface area is 174 Å². The van der Waals surface area contributed by atoms with Crippen molar-refractivity contribution in [2.45, 2.75) is 52.4 Å². The maximum absolute atomic E-state index is 9.02. The average molecular weight is 422 g/mol. The Balaban J connectivity index is -0.000000346. The number of benzene rings is 2. The van der Waals surface area contributed by atoms with Crippen molar-refractivity contribution in [2.24, 2.45) is 0 Å². The Morgan fingerprint density at radius 3 is 0.880 bits per heavy atom. The molecule has 0 saturated heterocycles. The summed E-state index contributed by atoms with van der Waals surface area (Å²) in [7, 11) is 0. The van der Waals surface area contributed by atoms with Crippen molar-refractivity contribution in [3.05, 3.63) is 74.5 Å². The maximum atomic E-state index is 9.02. The van der Waals surface area contributed by atoms with Crippen molar-refractivity contribution in [3.63, 3.8) is 0 Å². The zero-order chi connectivity index (χ0) is 17.0. The Kier molecular flexibility index (Phi) is 13.2. The fourth-order valence-electron chi connectivity index (χ4n) is 1.92. The van der Waals surface area contributed by atoms with Gasteiger partial charge in [-0.1, -0.05) is 65.8 Å². The summed E-state index contributed by atoms with van der Waals surface area (Å²) in [5.74, 6) is 0.663. The van der Waals surface area contributed by atoms with E-state index in [9.17, 15) is 0 Å². The quantitative estimate of drug-likeness (QED) is 0.492. The van der Waals surface area contributed by atoms with Crippen molar-refractivity contribution in [1.82, 2.24) is 0 Å². The second-order valence-electron chi connectivity index (χ2n) is 7.59. The van der Waals surface area contributed by atoms with Gasteiger partial charge in [0, 0.05) is 0 Å². The molecule has 0 saturated carbocycles. The molecule has 0 aromatic heterocycles. The van der Waals surface area contributed by atoms with Crippen LogP contribution in [0.15, 0.2) is 48.5 Å². The van der Waals surface area contributed by atoms with Crippen LogP contribution >= 0.6 is 0 Å². The van der Waals surface area contributed by atoms with E-state index in [1.807, 2.05) is 24.3 Å². The molecule has 0 heterocycles. The molecule has 25 heavy (non-hydrogen) atoms. The van der Waals surface area contributed by atoms with Gasteiger partial charge in [0.05, 0.1) is 0 Å². The number of rotatable bonds is 0. The molecule has 2 N–H and O–H groups in total. The van der Waals surface area contributed by atoms with Crippen LogP contribution in [0.4, 0.5) is 0 Å². The standard InChI is InChI=1S/2C10H14O.2CH3.Zr/c2*1-10(2,3)8-4-6-9(11)7-5-8;;;/h2*4-7,11H,1-3H3;2*1H3;/q;;2*-1;+2. The van der Waals surface area contributed by atoms with Gasteiger partial charge in [0.1, 0.15) is 11.5 Å². The molecule has 2 aromatic carbocycles. The molecule has 0 aliphatic rings. The van der Waals surface area contributed by atoms with Crippen molar-refractivity contribution in [3.8, 4) is 11.5 Å². The van der Waals surface area contributed by atoms with Crippen molar-refractivity contribution >= 4 is 0 Å². The first-order valence-corrected chi connectivity index (χ1v) is 7.59. The van der Waals surface area contributed by atoms with Gasteiger partial charge < -0.3 is 25.1 Å². The molecule has 0 atom stereocenters. The number of phenols is 2. The first kappa shape index (κ1) is 28.7. The molecule has 0 unspecified atom stereocenters. The Bertz CT molecular complexity index is 518. The van der Waals surface area contributed by atoms with Gasteiger partial charge in [-0.15, -0.1) is 0 Å². The van der Waals surface area contributed by atoms with Crippen LogP contribution in [0.1, 0.15) is 52.7 Å². The van der Waals surface area contributed by atoms with Crippen LogP contribution in [-0.4, -0.2) is 10.2 Å². The second kappa shape index (κ2) is 11.5. The smallest absolute Gasteiger partial charge is 0.508 e. The van der Waals surface area contributed by atoms with Crippen LogP contribution < -0.4 is 0 Å². The predicted octanol–water partition coefficient (Wildman–Crippen LogP) is 6.28. The monoisotopic (exact) mass is 420 g/mol. The van der Waals surface area contributed by atoms with Crippen molar-refractivity contribution in [2.75, 3.05) is 0 Å². The van der Waals surface area contributed by atoms with Crippen LogP contribution in [0.2, 0.25) is 0 Å². The molecule has 0 fully saturated rings. The van der Waals surface area contributed by atoms with E-state index in [1.54, 1.807) is 24.3 Å². The minimum atomic E-state index is 0. The van der Waals surface area contributed by atoms with Crippen LogP contribution in [0.25, 0.3) is 0 Å². The van der Waals surface area contributed by atoms with E-state index in [1.165, 1.54) is 11.1 Å². The van der Waals surface area contributed by atoms with Gasteiger partial charge in [-0.25, -0.2) is 0 Å². The summed E-state index contributed by atoms with van der Waals surface area (Å²) >= 11 is 0. The van der Waals surface area contributed by atoms with E-state index in [4.69, 9.17) is 10.2 Å². The minimum Gasteiger partial charge on any atom is -0.508 e. The first-order chi connectivity index (χ1) is 10.00. The molecule has 0 bridgehead atoms. The van der Waals surface area contributed by atoms with Gasteiger partial charge in [0.15, 0.2) is 0 Å². The fraction of sp³-hybridized carbons (Fsp3) is 0.364. The molecular formula is C22H34O2Zr. The van der Waals surface area contributed by atoms with Crippen LogP contribution in [0.5, 0.6) is 11.5 Å². The van der Waals surface area contributed by atoms with Gasteiger partial charge in [0.2, 0.25) is 0 Å². The van der Waals surface area contributed by atoms with Gasteiger partial charge in [0.25, 0.3) is 0 Å². The summed E-state index contributed by atoms with van der Waals surface area (Å²) in [5.41, 5.74) is 2.84. The largest absolute Gasteiger partial charge is 2.00 e. The molecular weight excluding hydrogens is 387 g/mol. The SMILES string of the molecule is CC(C)(C)c1ccc(O)cc1.CC(C)(C)c1ccc(O)cc1.[CH3-].[CH3-].[Zr+2]. The van der Waals surface area contributed by atoms with E-state index in [0.717, 1.165) is 0 Å². The Hall–Kier alpha value is -1.08. The van der Waals surface area contributed by atoms with Crippen LogP contribution in [0, 0.1) is 14.9 Å². The van der Waals surface area contributed by atoms with Gasteiger partial charge in [-0.05, 0) is 46.2 Å². The van der Waals surface area contributed by atoms with E-state index in [2.05, 4.69) is 41.5 Å². The number of hydrogen-bond acceptors (Lipinski definition) is 2. The molecule has 0 aliphatic carbocycles. The molecule has 138 valence electrons. The maximum Gasteiger partial charge on any atom is 2.00 e. The Morgan fingerprint density at radius 1 is 0.520 bits per heavy atom. The topological polar surface area (TPSA) is 40.5 Å². The number of aromatic hydroxyl groups is 2. The van der Waals surface area contributed by atoms with Crippen molar-refractivity contribution < 1.29 is 36.4 Å². The minimum absolute atomic E-state index is 0. The molecule has 0 amide bonds. The van der Waals surface area contributed by atoms with Crippen molar-refractivity contribution in [1.29, 1.82) is 0 Å². The van der Waals surface area contributed by atoms with E-state index >= 15 is 0 Å². The third kappa shape index (κ3) is 10.5. The summed E-state index contributed by atoms with van der Waals surface area (Å²) in [5, 5.41) is 18.0. The normalized spacial score (nSPS) is 10.2. The average Bonchev–Trinajstić information content (AvgIpc) is 2.38. The molecule has 0 aliphatic heterocycles. The van der Waals surface area contributed by atoms with Gasteiger partial charge >= 0.3 is 26.2 Å². The molecule has 0 radical (unpaired) electrons. The number of phenolic OH excluding ortho intramolecular Hbond substituents is 2. The van der Waals surface area contributed by atoms with Gasteiger partial charge in [-0.2, -0.15) is 0 Å². The van der Waals surface area contributed by atoms with Crippen LogP contribution in [0.3, 0.4) is 0 Å². The third-order valence-corrected chi connectivity index (χ3v) is 3.47. The summed E-state index contributed by atoms with van der Waals surface area (Å²) < 4.78 is 0. The predicted molar refractivity (Wildman–Crippen MR) is 106 cm³/mol. The second-order valence-corrected chi connectivity index (χ2v) is 7.59. The summed E-state index contributed by atoms with van der Waals surface area (Å²) in [6, 6.07) is 14.7. The Morgan fingerprint density at radius 2 is 0.720 bits per heavy atom. The zero-order valence-electron chi connectivity index (χ0n) is 17.0. The fourth-order valence-corrected chi connectivity index (χ4v) is 1.92. The number of hydrogen-bond donors (Lipinski definition) is 2. The summed E-state index contributed by atoms with van der Waals surface area (Å²) in [6.45, 7) is 12.9. The molecule has 2 rings (SSSR count). The van der Waals surface area contributed by atoms with Gasteiger partial charge in [-0.3, -0.25) is 0 Å². The van der Waals surface area contributed by atoms with Crippen LogP contribution in [-0.2, 0) is 37.0 Å². The molecule has 3 heteroatoms. The van der Waals surface area contributed by atoms with E-state index in [-0.39, 0.29) is 51.9 Å². The van der Waals surface area contributed by atoms with E-state index < -0.39 is 0 Å². The summed E-state index contributed by atoms with van der Waals surface area (Å²) in [4.78, 5) is 0.